The number of fused-ring (bicyclic) bond motifs is 2. The summed E-state index contributed by atoms with van der Waals surface area (Å²) in [5.74, 6) is 0.663. The minimum absolute atomic E-state index is 0.0289. The maximum Gasteiger partial charge on any atom is 0.263 e. The fourth-order valence-corrected chi connectivity index (χ4v) is 4.09. The molecule has 0 spiro atoms. The Kier molecular flexibility index (Phi) is 4.27. The van der Waals surface area contributed by atoms with Crippen molar-refractivity contribution in [3.05, 3.63) is 71.9 Å². The summed E-state index contributed by atoms with van der Waals surface area (Å²) >= 11 is 0. The lowest BCUT2D eigenvalue weighted by molar-refractivity contribution is 0.0992. The smallest absolute Gasteiger partial charge is 0.263 e. The van der Waals surface area contributed by atoms with Crippen molar-refractivity contribution in [2.45, 2.75) is 11.8 Å². The number of ether oxygens (including phenoxy) is 1. The number of nitrogens with zero attached hydrogens (tertiary/aromatic N) is 2. The first-order valence-electron chi connectivity index (χ1n) is 8.50. The summed E-state index contributed by atoms with van der Waals surface area (Å²) < 4.78 is 34.1. The van der Waals surface area contributed by atoms with Gasteiger partial charge in [0.25, 0.3) is 15.9 Å². The Hall–Kier alpha value is -3.39. The number of nitrogens with one attached hydrogen (secondary N) is 1. The number of carbonyl (C=O) groups is 1. The van der Waals surface area contributed by atoms with Crippen LogP contribution in [0.3, 0.4) is 0 Å². The van der Waals surface area contributed by atoms with Crippen molar-refractivity contribution in [1.29, 1.82) is 0 Å². The van der Waals surface area contributed by atoms with Crippen molar-refractivity contribution in [2.75, 3.05) is 16.7 Å². The van der Waals surface area contributed by atoms with Crippen LogP contribution in [0.4, 0.5) is 11.5 Å². The lowest BCUT2D eigenvalue weighted by Gasteiger charge is -2.15. The zero-order valence-electron chi connectivity index (χ0n) is 15.2. The second-order valence-electron chi connectivity index (χ2n) is 6.37. The Morgan fingerprint density at radius 1 is 1.04 bits per heavy atom. The van der Waals surface area contributed by atoms with Crippen LogP contribution < -0.4 is 14.4 Å². The standard InChI is InChI=1S/C20H17N3O4S/c1-13-6-3-4-7-16(13)22-28(25,26)14-9-10-17-15(12-14)20(24)23(2)19-18(27-17)8-5-11-21-19/h3-12,22H,1-2H3. The molecular formula is C20H17N3O4S. The third-order valence-corrected chi connectivity index (χ3v) is 5.84. The molecule has 1 amide bonds. The number of carbonyl (C=O) groups excluding carboxylic acids is 1. The highest BCUT2D eigenvalue weighted by Crippen LogP contribution is 2.37. The lowest BCUT2D eigenvalue weighted by Crippen LogP contribution is -2.26. The van der Waals surface area contributed by atoms with E-state index in [4.69, 9.17) is 4.74 Å². The molecule has 4 rings (SSSR count). The number of hydrogen-bond acceptors (Lipinski definition) is 5. The first-order valence-corrected chi connectivity index (χ1v) is 9.98. The molecule has 2 heterocycles. The number of pyridine rings is 1. The molecule has 0 radical (unpaired) electrons. The molecule has 1 N–H and O–H groups in total. The number of sulfonamides is 1. The molecule has 142 valence electrons. The zero-order chi connectivity index (χ0) is 19.9. The summed E-state index contributed by atoms with van der Waals surface area (Å²) in [7, 11) is -2.31. The van der Waals surface area contributed by atoms with Gasteiger partial charge in [-0.1, -0.05) is 18.2 Å². The van der Waals surface area contributed by atoms with Crippen LogP contribution in [0.5, 0.6) is 11.5 Å². The maximum absolute atomic E-state index is 12.9. The molecule has 8 heteroatoms. The number of benzene rings is 2. The summed E-state index contributed by atoms with van der Waals surface area (Å²) in [4.78, 5) is 18.4. The van der Waals surface area contributed by atoms with E-state index in [2.05, 4.69) is 9.71 Å². The summed E-state index contributed by atoms with van der Waals surface area (Å²) in [5, 5.41) is 0. The van der Waals surface area contributed by atoms with Gasteiger partial charge in [-0.05, 0) is 48.9 Å². The van der Waals surface area contributed by atoms with Crippen LogP contribution in [-0.2, 0) is 10.0 Å². The highest BCUT2D eigenvalue weighted by molar-refractivity contribution is 7.92. The molecule has 0 saturated carbocycles. The van der Waals surface area contributed by atoms with Gasteiger partial charge in [0.2, 0.25) is 0 Å². The van der Waals surface area contributed by atoms with E-state index in [1.165, 1.54) is 23.1 Å². The Balaban J connectivity index is 1.75. The molecule has 0 aliphatic carbocycles. The minimum atomic E-state index is -3.88. The van der Waals surface area contributed by atoms with Crippen LogP contribution in [0.25, 0.3) is 0 Å². The van der Waals surface area contributed by atoms with Crippen molar-refractivity contribution in [2.24, 2.45) is 0 Å². The maximum atomic E-state index is 12.9. The molecule has 1 aromatic heterocycles. The predicted octanol–water partition coefficient (Wildman–Crippen LogP) is 3.57. The van der Waals surface area contributed by atoms with Crippen LogP contribution in [0, 0.1) is 6.92 Å². The van der Waals surface area contributed by atoms with Crippen molar-refractivity contribution in [3.8, 4) is 11.5 Å². The van der Waals surface area contributed by atoms with Crippen LogP contribution in [0.15, 0.2) is 65.7 Å². The van der Waals surface area contributed by atoms with E-state index in [1.807, 2.05) is 19.1 Å². The molecule has 0 bridgehead atoms. The van der Waals surface area contributed by atoms with Gasteiger partial charge >= 0.3 is 0 Å². The van der Waals surface area contributed by atoms with Gasteiger partial charge in [-0.3, -0.25) is 14.4 Å². The Morgan fingerprint density at radius 2 is 1.82 bits per heavy atom. The highest BCUT2D eigenvalue weighted by Gasteiger charge is 2.28. The number of amides is 1. The topological polar surface area (TPSA) is 88.6 Å². The molecule has 2 aromatic carbocycles. The first kappa shape index (κ1) is 18.0. The molecule has 0 unspecified atom stereocenters. The Bertz CT molecular complexity index is 1190. The van der Waals surface area contributed by atoms with E-state index in [9.17, 15) is 13.2 Å². The number of hydrogen-bond donors (Lipinski definition) is 1. The summed E-state index contributed by atoms with van der Waals surface area (Å²) in [6, 6.07) is 14.7. The van der Waals surface area contributed by atoms with Gasteiger partial charge in [-0.15, -0.1) is 0 Å². The molecule has 3 aromatic rings. The average molecular weight is 395 g/mol. The second-order valence-corrected chi connectivity index (χ2v) is 8.05. The van der Waals surface area contributed by atoms with Gasteiger partial charge < -0.3 is 4.74 Å². The Morgan fingerprint density at radius 3 is 2.61 bits per heavy atom. The number of para-hydroxylation sites is 1. The molecule has 7 nitrogen and oxygen atoms in total. The summed E-state index contributed by atoms with van der Waals surface area (Å²) in [6.07, 6.45) is 1.56. The number of aromatic nitrogens is 1. The van der Waals surface area contributed by atoms with E-state index in [0.29, 0.717) is 17.3 Å². The van der Waals surface area contributed by atoms with E-state index in [0.717, 1.165) is 5.56 Å². The molecule has 1 aliphatic rings. The van der Waals surface area contributed by atoms with Crippen LogP contribution >= 0.6 is 0 Å². The number of aryl methyl sites for hydroxylation is 1. The van der Waals surface area contributed by atoms with E-state index in [-0.39, 0.29) is 16.2 Å². The van der Waals surface area contributed by atoms with Gasteiger partial charge in [0.05, 0.1) is 16.1 Å². The Labute approximate surface area is 162 Å². The normalized spacial score (nSPS) is 13.2. The average Bonchev–Trinajstić information content (AvgIpc) is 2.79. The third-order valence-electron chi connectivity index (χ3n) is 4.47. The molecule has 0 saturated heterocycles. The van der Waals surface area contributed by atoms with Gasteiger partial charge in [-0.25, -0.2) is 13.4 Å². The molecule has 28 heavy (non-hydrogen) atoms. The monoisotopic (exact) mass is 395 g/mol. The summed E-state index contributed by atoms with van der Waals surface area (Å²) in [6.45, 7) is 1.81. The van der Waals surface area contributed by atoms with Crippen molar-refractivity contribution < 1.29 is 17.9 Å². The van der Waals surface area contributed by atoms with Crippen LogP contribution in [0.1, 0.15) is 15.9 Å². The minimum Gasteiger partial charge on any atom is -0.453 e. The lowest BCUT2D eigenvalue weighted by atomic mass is 10.2. The quantitative estimate of drug-likeness (QED) is 0.732. The predicted molar refractivity (Wildman–Crippen MR) is 105 cm³/mol. The largest absolute Gasteiger partial charge is 0.453 e. The molecule has 0 fully saturated rings. The van der Waals surface area contributed by atoms with E-state index in [1.54, 1.807) is 37.5 Å². The SMILES string of the molecule is Cc1ccccc1NS(=O)(=O)c1ccc2c(c1)C(=O)N(C)c1ncccc1O2. The highest BCUT2D eigenvalue weighted by atomic mass is 32.2. The van der Waals surface area contributed by atoms with Crippen molar-refractivity contribution in [3.63, 3.8) is 0 Å². The van der Waals surface area contributed by atoms with Crippen LogP contribution in [0.2, 0.25) is 0 Å². The fraction of sp³-hybridized carbons (Fsp3) is 0.100. The molecular weight excluding hydrogens is 378 g/mol. The van der Waals surface area contributed by atoms with Crippen molar-refractivity contribution >= 4 is 27.4 Å². The van der Waals surface area contributed by atoms with E-state index >= 15 is 0 Å². The van der Waals surface area contributed by atoms with Crippen molar-refractivity contribution in [1.82, 2.24) is 4.98 Å². The van der Waals surface area contributed by atoms with Gasteiger partial charge in [-0.2, -0.15) is 0 Å². The number of rotatable bonds is 3. The third kappa shape index (κ3) is 3.07. The van der Waals surface area contributed by atoms with Gasteiger partial charge in [0.15, 0.2) is 11.6 Å². The van der Waals surface area contributed by atoms with Crippen LogP contribution in [-0.4, -0.2) is 26.4 Å². The van der Waals surface area contributed by atoms with E-state index < -0.39 is 15.9 Å². The number of anilines is 2. The first-order chi connectivity index (χ1) is 13.4. The molecule has 0 atom stereocenters. The molecule has 1 aliphatic heterocycles. The fourth-order valence-electron chi connectivity index (χ4n) is 2.93. The van der Waals surface area contributed by atoms with Gasteiger partial charge in [0, 0.05) is 13.2 Å². The second kappa shape index (κ2) is 6.65. The zero-order valence-corrected chi connectivity index (χ0v) is 16.0. The summed E-state index contributed by atoms with van der Waals surface area (Å²) in [5.41, 5.74) is 1.42. The van der Waals surface area contributed by atoms with Gasteiger partial charge in [0.1, 0.15) is 5.75 Å².